The highest BCUT2D eigenvalue weighted by molar-refractivity contribution is 8.00. The molecule has 8 N–H and O–H groups in total. The van der Waals surface area contributed by atoms with Gasteiger partial charge in [0, 0.05) is 29.4 Å². The largest absolute Gasteiger partial charge is 0.396 e. The number of carbonyl (C=O) groups is 6. The highest BCUT2D eigenvalue weighted by Crippen LogP contribution is 2.37. The van der Waals surface area contributed by atoms with Gasteiger partial charge < -0.3 is 47.2 Å². The van der Waals surface area contributed by atoms with E-state index in [1.165, 1.54) is 22.9 Å². The minimum atomic E-state index is -1.06. The molecule has 1 fully saturated rings. The van der Waals surface area contributed by atoms with E-state index in [1.54, 1.807) is 32.8 Å². The Morgan fingerprint density at radius 3 is 1.76 bits per heavy atom. The molecule has 3 aromatic rings. The van der Waals surface area contributed by atoms with Crippen molar-refractivity contribution in [2.45, 2.75) is 159 Å². The van der Waals surface area contributed by atoms with Crippen LogP contribution in [0, 0.1) is 5.41 Å². The highest BCUT2D eigenvalue weighted by atomic mass is 32.2. The van der Waals surface area contributed by atoms with Crippen LogP contribution in [0.4, 0.5) is 0 Å². The van der Waals surface area contributed by atoms with E-state index in [4.69, 9.17) is 0 Å². The molecule has 3 aliphatic rings. The number of likely N-dealkylation sites (N-methyl/N-ethyl adjacent to an activating group) is 2. The molecule has 1 saturated heterocycles. The number of fused-ring (bicyclic) bond motifs is 2. The summed E-state index contributed by atoms with van der Waals surface area (Å²) in [6, 6.07) is 18.6. The third-order valence-corrected chi connectivity index (χ3v) is 16.0. The Kier molecular flexibility index (Phi) is 18.9. The minimum Gasteiger partial charge on any atom is -0.396 e. The topological polar surface area (TPSA) is 210 Å². The maximum absolute atomic E-state index is 14.8. The number of hydrogen-bond donors (Lipinski definition) is 8. The Morgan fingerprint density at radius 1 is 0.690 bits per heavy atom. The van der Waals surface area contributed by atoms with Crippen LogP contribution in [-0.2, 0) is 48.0 Å². The molecule has 9 atom stereocenters. The minimum absolute atomic E-state index is 0.113. The van der Waals surface area contributed by atoms with Crippen molar-refractivity contribution in [3.05, 3.63) is 106 Å². The van der Waals surface area contributed by atoms with Crippen LogP contribution in [-0.4, -0.2) is 119 Å². The van der Waals surface area contributed by atoms with Crippen LogP contribution in [0.5, 0.6) is 0 Å². The first-order chi connectivity index (χ1) is 33.8. The summed E-state index contributed by atoms with van der Waals surface area (Å²) in [6.45, 7) is 12.9. The first kappa shape index (κ1) is 55.0. The number of likely N-dealkylation sites (tertiary alicyclic amines) is 1. The maximum Gasteiger partial charge on any atom is 0.246 e. The molecule has 6 rings (SSSR count). The normalized spacial score (nSPS) is 21.0. The van der Waals surface area contributed by atoms with Crippen molar-refractivity contribution in [2.75, 3.05) is 33.0 Å². The zero-order chi connectivity index (χ0) is 51.6. The number of nitrogens with one attached hydrogen (secondary N) is 7. The SMILES string of the molecule is CN[C@@H](C)C(=O)NC(C(=O)N[C@@H](Cc1ccc([C@H]2CC(C(=O)N[C@@H]3CCCc4ccccc43)N(C(=O)[C@@H](NC(=O)[C@H](C)NC)C(C)(C)C)C2)cc1)C(=O)NC1CCCc2ccccc21)C(C)(C)SCCO. The van der Waals surface area contributed by atoms with Gasteiger partial charge in [0.25, 0.3) is 0 Å². The number of benzene rings is 3. The van der Waals surface area contributed by atoms with Crippen molar-refractivity contribution in [1.29, 1.82) is 0 Å². The van der Waals surface area contributed by atoms with Crippen molar-refractivity contribution in [2.24, 2.45) is 5.41 Å². The molecule has 0 bridgehead atoms. The molecule has 16 heteroatoms. The Balaban J connectivity index is 1.28. The highest BCUT2D eigenvalue weighted by Gasteiger charge is 2.46. The summed E-state index contributed by atoms with van der Waals surface area (Å²) in [5.74, 6) is -2.04. The van der Waals surface area contributed by atoms with Crippen LogP contribution >= 0.6 is 11.8 Å². The third kappa shape index (κ3) is 13.8. The fourth-order valence-corrected chi connectivity index (χ4v) is 11.1. The third-order valence-electron chi connectivity index (χ3n) is 14.6. The summed E-state index contributed by atoms with van der Waals surface area (Å²) in [6.07, 6.45) is 5.71. The molecule has 6 amide bonds. The smallest absolute Gasteiger partial charge is 0.246 e. The van der Waals surface area contributed by atoms with Gasteiger partial charge >= 0.3 is 0 Å². The summed E-state index contributed by atoms with van der Waals surface area (Å²) in [5, 5.41) is 31.1. The molecular weight excluding hydrogens is 917 g/mol. The molecule has 1 aliphatic heterocycles. The fourth-order valence-electron chi connectivity index (χ4n) is 10.1. The van der Waals surface area contributed by atoms with E-state index in [0.717, 1.165) is 60.8 Å². The lowest BCUT2D eigenvalue weighted by atomic mass is 9.85. The molecule has 0 saturated carbocycles. The van der Waals surface area contributed by atoms with Gasteiger partial charge in [0.05, 0.1) is 30.8 Å². The first-order valence-corrected chi connectivity index (χ1v) is 26.4. The lowest BCUT2D eigenvalue weighted by Gasteiger charge is -2.36. The predicted molar refractivity (Wildman–Crippen MR) is 279 cm³/mol. The van der Waals surface area contributed by atoms with Crippen molar-refractivity contribution in [3.63, 3.8) is 0 Å². The number of aliphatic hydroxyl groups excluding tert-OH is 1. The lowest BCUT2D eigenvalue weighted by Crippen LogP contribution is -2.62. The summed E-state index contributed by atoms with van der Waals surface area (Å²) in [4.78, 5) is 86.7. The number of thioether (sulfide) groups is 1. The van der Waals surface area contributed by atoms with Crippen molar-refractivity contribution < 1.29 is 33.9 Å². The second kappa shape index (κ2) is 24.4. The van der Waals surface area contributed by atoms with Crippen molar-refractivity contribution >= 4 is 47.2 Å². The van der Waals surface area contributed by atoms with E-state index in [9.17, 15) is 33.9 Å². The second-order valence-corrected chi connectivity index (χ2v) is 22.9. The van der Waals surface area contributed by atoms with Crippen LogP contribution in [0.1, 0.15) is 132 Å². The molecule has 386 valence electrons. The number of hydrogen-bond acceptors (Lipinski definition) is 10. The van der Waals surface area contributed by atoms with Crippen molar-refractivity contribution in [1.82, 2.24) is 42.1 Å². The Bertz CT molecular complexity index is 2350. The van der Waals surface area contributed by atoms with Crippen molar-refractivity contribution in [3.8, 4) is 0 Å². The predicted octanol–water partition coefficient (Wildman–Crippen LogP) is 4.52. The Hall–Kier alpha value is -5.29. The van der Waals surface area contributed by atoms with E-state index in [0.29, 0.717) is 12.2 Å². The monoisotopic (exact) mass is 995 g/mol. The molecule has 1 heterocycles. The molecule has 3 aromatic carbocycles. The number of rotatable bonds is 20. The molecule has 15 nitrogen and oxygen atoms in total. The van der Waals surface area contributed by atoms with E-state index < -0.39 is 52.3 Å². The molecule has 71 heavy (non-hydrogen) atoms. The zero-order valence-corrected chi connectivity index (χ0v) is 44.0. The van der Waals surface area contributed by atoms with E-state index >= 15 is 0 Å². The fraction of sp³-hybridized carbons (Fsp3) is 0.564. The standard InChI is InChI=1S/C55H78N8O7S/c1-33(56-8)48(65)61-46(55(6,7)71-29-28-64)52(69)60-44(50(67)58-42-22-14-18-37-16-10-12-20-40(37)42)30-35-24-26-36(27-25-35)39-31-45(51(68)59-43-23-15-19-38-17-11-13-21-41(38)43)63(32-39)53(70)47(54(3,4)5)62-49(66)34(2)57-9/h10-13,16-17,20-21,24-27,33-34,39,42-47,56-57,64H,14-15,18-19,22-23,28-32H2,1-9H3,(H,58,67)(H,59,68)(H,60,69)(H,61,65)(H,62,66)/t33-,34-,39-,42?,43+,44-,45?,46?,47+/m0/s1. The second-order valence-electron chi connectivity index (χ2n) is 21.2. The van der Waals surface area contributed by atoms with Gasteiger partial charge in [-0.2, -0.15) is 11.8 Å². The van der Waals surface area contributed by atoms with Gasteiger partial charge in [-0.3, -0.25) is 28.8 Å². The van der Waals surface area contributed by atoms with Gasteiger partial charge in [-0.1, -0.05) is 93.6 Å². The van der Waals surface area contributed by atoms with Crippen LogP contribution in [0.25, 0.3) is 0 Å². The van der Waals surface area contributed by atoms with Gasteiger partial charge in [0.1, 0.15) is 24.2 Å². The van der Waals surface area contributed by atoms with E-state index in [1.807, 2.05) is 89.2 Å². The van der Waals surface area contributed by atoms with Crippen LogP contribution < -0.4 is 37.2 Å². The number of aliphatic hydroxyl groups is 1. The Morgan fingerprint density at radius 2 is 1.23 bits per heavy atom. The summed E-state index contributed by atoms with van der Waals surface area (Å²) in [7, 11) is 3.35. The van der Waals surface area contributed by atoms with Crippen LogP contribution in [0.15, 0.2) is 72.8 Å². The quantitative estimate of drug-likeness (QED) is 0.0794. The summed E-state index contributed by atoms with van der Waals surface area (Å²) in [5.41, 5.74) is 5.53. The van der Waals surface area contributed by atoms with Crippen LogP contribution in [0.3, 0.4) is 0 Å². The lowest BCUT2D eigenvalue weighted by molar-refractivity contribution is -0.144. The van der Waals surface area contributed by atoms with E-state index in [2.05, 4.69) is 55.4 Å². The van der Waals surface area contributed by atoms with Gasteiger partial charge in [0.2, 0.25) is 35.4 Å². The first-order valence-electron chi connectivity index (χ1n) is 25.4. The van der Waals surface area contributed by atoms with Gasteiger partial charge in [-0.05, 0) is 126 Å². The molecule has 0 radical (unpaired) electrons. The average molecular weight is 995 g/mol. The van der Waals surface area contributed by atoms with Gasteiger partial charge in [-0.25, -0.2) is 0 Å². The summed E-state index contributed by atoms with van der Waals surface area (Å²) >= 11 is 1.35. The summed E-state index contributed by atoms with van der Waals surface area (Å²) < 4.78 is -0.864. The average Bonchev–Trinajstić information content (AvgIpc) is 3.81. The zero-order valence-electron chi connectivity index (χ0n) is 43.2. The molecule has 0 spiro atoms. The van der Waals surface area contributed by atoms with Gasteiger partial charge in [-0.15, -0.1) is 0 Å². The number of carbonyl (C=O) groups excluding carboxylic acids is 6. The maximum atomic E-state index is 14.8. The van der Waals surface area contributed by atoms with Gasteiger partial charge in [0.15, 0.2) is 0 Å². The molecule has 2 aliphatic carbocycles. The molecule has 3 unspecified atom stereocenters. The number of aryl methyl sites for hydroxylation is 2. The van der Waals surface area contributed by atoms with Crippen LogP contribution in [0.2, 0.25) is 0 Å². The molecular formula is C55H78N8O7S. The number of nitrogens with zero attached hydrogens (tertiary/aromatic N) is 1. The van der Waals surface area contributed by atoms with E-state index in [-0.39, 0.29) is 67.1 Å². The molecule has 0 aromatic heterocycles. The Labute approximate surface area is 425 Å². The number of amides is 6.